The molecule has 0 bridgehead atoms. The monoisotopic (exact) mass is 483 g/mol. The van der Waals surface area contributed by atoms with Crippen LogP contribution in [0.25, 0.3) is 11.3 Å². The fourth-order valence-electron chi connectivity index (χ4n) is 3.72. The van der Waals surface area contributed by atoms with Crippen LogP contribution < -0.4 is 4.90 Å². The zero-order valence-electron chi connectivity index (χ0n) is 16.9. The van der Waals surface area contributed by atoms with Crippen LogP contribution in [0.5, 0.6) is 0 Å². The van der Waals surface area contributed by atoms with Crippen molar-refractivity contribution in [2.24, 2.45) is 0 Å². The van der Waals surface area contributed by atoms with Gasteiger partial charge in [0.25, 0.3) is 5.91 Å². The molecule has 4 rings (SSSR count). The van der Waals surface area contributed by atoms with Crippen LogP contribution in [-0.4, -0.2) is 42.1 Å². The quantitative estimate of drug-likeness (QED) is 0.462. The van der Waals surface area contributed by atoms with Gasteiger partial charge in [0.15, 0.2) is 0 Å². The number of halogens is 5. The van der Waals surface area contributed by atoms with Gasteiger partial charge in [0.1, 0.15) is 17.0 Å². The number of piperazine rings is 1. The molecule has 5 nitrogen and oxygen atoms in total. The molecular formula is C22H18Cl2F3N3O2. The molecule has 0 unspecified atom stereocenters. The third kappa shape index (κ3) is 4.29. The molecule has 0 N–H and O–H groups in total. The van der Waals surface area contributed by atoms with E-state index in [9.17, 15) is 18.0 Å². The lowest BCUT2D eigenvalue weighted by Crippen LogP contribution is -2.49. The summed E-state index contributed by atoms with van der Waals surface area (Å²) >= 11 is 12.6. The Kier molecular flexibility index (Phi) is 6.09. The number of carbonyl (C=O) groups excluding carboxylic acids is 1. The predicted octanol–water partition coefficient (Wildman–Crippen LogP) is 5.94. The van der Waals surface area contributed by atoms with Gasteiger partial charge in [-0.15, -0.1) is 0 Å². The maximum atomic E-state index is 13.3. The predicted molar refractivity (Wildman–Crippen MR) is 116 cm³/mol. The number of nitrogens with zero attached hydrogens (tertiary/aromatic N) is 3. The SMILES string of the molecule is Cc1onc(-c2c(Cl)cccc2Cl)c1C(=O)N1CCN(c2cccc(C(F)(F)F)c2)CC1. The van der Waals surface area contributed by atoms with Gasteiger partial charge in [-0.25, -0.2) is 0 Å². The lowest BCUT2D eigenvalue weighted by molar-refractivity contribution is -0.137. The molecule has 0 spiro atoms. The summed E-state index contributed by atoms with van der Waals surface area (Å²) in [6.45, 7) is 3.07. The van der Waals surface area contributed by atoms with Gasteiger partial charge in [0, 0.05) is 37.4 Å². The van der Waals surface area contributed by atoms with Crippen molar-refractivity contribution in [1.82, 2.24) is 10.1 Å². The number of aromatic nitrogens is 1. The number of hydrogen-bond acceptors (Lipinski definition) is 4. The highest BCUT2D eigenvalue weighted by atomic mass is 35.5. The number of hydrogen-bond donors (Lipinski definition) is 0. The molecule has 0 saturated carbocycles. The van der Waals surface area contributed by atoms with Crippen LogP contribution in [0.3, 0.4) is 0 Å². The lowest BCUT2D eigenvalue weighted by atomic mass is 10.0. The first kappa shape index (κ1) is 22.5. The van der Waals surface area contributed by atoms with E-state index in [-0.39, 0.29) is 17.2 Å². The first-order valence-corrected chi connectivity index (χ1v) is 10.5. The van der Waals surface area contributed by atoms with E-state index in [0.717, 1.165) is 12.1 Å². The molecule has 1 saturated heterocycles. The number of amides is 1. The summed E-state index contributed by atoms with van der Waals surface area (Å²) < 4.78 is 44.4. The molecule has 1 fully saturated rings. The largest absolute Gasteiger partial charge is 0.416 e. The highest BCUT2D eigenvalue weighted by molar-refractivity contribution is 6.39. The molecule has 0 radical (unpaired) electrons. The van der Waals surface area contributed by atoms with Crippen molar-refractivity contribution >= 4 is 34.8 Å². The molecule has 2 aromatic carbocycles. The van der Waals surface area contributed by atoms with Gasteiger partial charge in [0.05, 0.1) is 15.6 Å². The Bertz CT molecular complexity index is 1140. The van der Waals surface area contributed by atoms with E-state index in [4.69, 9.17) is 27.7 Å². The molecule has 1 aliphatic heterocycles. The Morgan fingerprint density at radius 3 is 2.28 bits per heavy atom. The van der Waals surface area contributed by atoms with E-state index in [2.05, 4.69) is 5.16 Å². The number of alkyl halides is 3. The van der Waals surface area contributed by atoms with E-state index in [1.807, 2.05) is 4.90 Å². The minimum absolute atomic E-state index is 0.267. The Balaban J connectivity index is 1.54. The molecule has 1 amide bonds. The standard InChI is InChI=1S/C22H18Cl2F3N3O2/c1-13-18(20(28-32-13)19-16(23)6-3-7-17(19)24)21(31)30-10-8-29(9-11-30)15-5-2-4-14(12-15)22(25,26)27/h2-7,12H,8-11H2,1H3. The fraction of sp³-hybridized carbons (Fsp3) is 0.273. The Morgan fingerprint density at radius 2 is 1.66 bits per heavy atom. The van der Waals surface area contributed by atoms with Crippen molar-refractivity contribution in [1.29, 1.82) is 0 Å². The Hall–Kier alpha value is -2.71. The molecule has 1 aromatic heterocycles. The highest BCUT2D eigenvalue weighted by Crippen LogP contribution is 2.37. The third-order valence-electron chi connectivity index (χ3n) is 5.38. The zero-order valence-corrected chi connectivity index (χ0v) is 18.4. The maximum absolute atomic E-state index is 13.3. The number of aryl methyl sites for hydroxylation is 1. The summed E-state index contributed by atoms with van der Waals surface area (Å²) in [5.41, 5.74) is 0.723. The summed E-state index contributed by atoms with van der Waals surface area (Å²) in [6.07, 6.45) is -4.41. The van der Waals surface area contributed by atoms with Crippen LogP contribution in [0.1, 0.15) is 21.7 Å². The second-order valence-electron chi connectivity index (χ2n) is 7.39. The van der Waals surface area contributed by atoms with Gasteiger partial charge in [-0.2, -0.15) is 13.2 Å². The van der Waals surface area contributed by atoms with E-state index in [1.54, 1.807) is 36.1 Å². The summed E-state index contributed by atoms with van der Waals surface area (Å²) in [7, 11) is 0. The van der Waals surface area contributed by atoms with E-state index in [0.29, 0.717) is 53.2 Å². The average Bonchev–Trinajstić information content (AvgIpc) is 3.13. The first-order valence-electron chi connectivity index (χ1n) is 9.79. The van der Waals surface area contributed by atoms with Crippen molar-refractivity contribution in [3.05, 3.63) is 69.4 Å². The number of carbonyl (C=O) groups is 1. The van der Waals surface area contributed by atoms with Gasteiger partial charge >= 0.3 is 6.18 Å². The van der Waals surface area contributed by atoms with E-state index < -0.39 is 11.7 Å². The Morgan fingerprint density at radius 1 is 1.03 bits per heavy atom. The molecule has 168 valence electrons. The number of benzene rings is 2. The summed E-state index contributed by atoms with van der Waals surface area (Å²) in [5, 5.41) is 4.69. The smallest absolute Gasteiger partial charge is 0.368 e. The second kappa shape index (κ2) is 8.67. The van der Waals surface area contributed by atoms with Gasteiger partial charge in [-0.05, 0) is 37.3 Å². The Labute approximate surface area is 192 Å². The van der Waals surface area contributed by atoms with Gasteiger partial charge in [-0.3, -0.25) is 4.79 Å². The zero-order chi connectivity index (χ0) is 23.0. The molecule has 0 atom stereocenters. The van der Waals surface area contributed by atoms with Crippen molar-refractivity contribution < 1.29 is 22.5 Å². The lowest BCUT2D eigenvalue weighted by Gasteiger charge is -2.36. The average molecular weight is 484 g/mol. The molecule has 10 heteroatoms. The number of anilines is 1. The van der Waals surface area contributed by atoms with Crippen LogP contribution in [0.15, 0.2) is 47.0 Å². The van der Waals surface area contributed by atoms with Crippen molar-refractivity contribution in [3.8, 4) is 11.3 Å². The summed E-state index contributed by atoms with van der Waals surface area (Å²) in [4.78, 5) is 16.7. The topological polar surface area (TPSA) is 49.6 Å². The molecular weight excluding hydrogens is 466 g/mol. The van der Waals surface area contributed by atoms with Crippen molar-refractivity contribution in [3.63, 3.8) is 0 Å². The van der Waals surface area contributed by atoms with E-state index in [1.165, 1.54) is 6.07 Å². The second-order valence-corrected chi connectivity index (χ2v) is 8.20. The van der Waals surface area contributed by atoms with Crippen LogP contribution in [-0.2, 0) is 6.18 Å². The van der Waals surface area contributed by atoms with E-state index >= 15 is 0 Å². The van der Waals surface area contributed by atoms with Crippen LogP contribution >= 0.6 is 23.2 Å². The molecule has 2 heterocycles. The van der Waals surface area contributed by atoms with Gasteiger partial charge in [0.2, 0.25) is 0 Å². The van der Waals surface area contributed by atoms with Gasteiger partial charge in [-0.1, -0.05) is 40.5 Å². The number of rotatable bonds is 3. The molecule has 32 heavy (non-hydrogen) atoms. The first-order chi connectivity index (χ1) is 15.2. The van der Waals surface area contributed by atoms with Crippen molar-refractivity contribution in [2.45, 2.75) is 13.1 Å². The summed E-state index contributed by atoms with van der Waals surface area (Å²) in [6, 6.07) is 10.2. The normalized spacial score (nSPS) is 14.7. The van der Waals surface area contributed by atoms with Crippen LogP contribution in [0.4, 0.5) is 18.9 Å². The molecule has 3 aromatic rings. The van der Waals surface area contributed by atoms with Crippen LogP contribution in [0, 0.1) is 6.92 Å². The summed E-state index contributed by atoms with van der Waals surface area (Å²) in [5.74, 6) is 0.0414. The highest BCUT2D eigenvalue weighted by Gasteiger charge is 2.32. The molecule has 1 aliphatic rings. The minimum atomic E-state index is -4.41. The third-order valence-corrected chi connectivity index (χ3v) is 6.01. The van der Waals surface area contributed by atoms with Crippen LogP contribution in [0.2, 0.25) is 10.0 Å². The fourth-order valence-corrected chi connectivity index (χ4v) is 4.30. The minimum Gasteiger partial charge on any atom is -0.368 e. The molecule has 0 aliphatic carbocycles. The van der Waals surface area contributed by atoms with Gasteiger partial charge < -0.3 is 14.3 Å². The van der Waals surface area contributed by atoms with Crippen molar-refractivity contribution in [2.75, 3.05) is 31.1 Å². The maximum Gasteiger partial charge on any atom is 0.416 e.